The first-order valence-electron chi connectivity index (χ1n) is 6.87. The lowest BCUT2D eigenvalue weighted by Crippen LogP contribution is -2.42. The summed E-state index contributed by atoms with van der Waals surface area (Å²) in [7, 11) is 0. The molecule has 6 heteroatoms. The highest BCUT2D eigenvalue weighted by Crippen LogP contribution is 2.20. The average Bonchev–Trinajstić information content (AvgIpc) is 2.53. The molecule has 0 atom stereocenters. The van der Waals surface area contributed by atoms with Gasteiger partial charge in [-0.15, -0.1) is 11.8 Å². The molecule has 5 nitrogen and oxygen atoms in total. The molecular weight excluding hydrogens is 290 g/mol. The number of carbonyl (C=O) groups excluding carboxylic acids is 1. The van der Waals surface area contributed by atoms with Crippen molar-refractivity contribution in [2.24, 2.45) is 5.92 Å². The van der Waals surface area contributed by atoms with Gasteiger partial charge in [0.2, 0.25) is 0 Å². The van der Waals surface area contributed by atoms with Crippen molar-refractivity contribution in [2.45, 2.75) is 17.7 Å². The first-order chi connectivity index (χ1) is 10.1. The summed E-state index contributed by atoms with van der Waals surface area (Å²) in [5, 5.41) is 8.93. The van der Waals surface area contributed by atoms with Crippen LogP contribution in [0.1, 0.15) is 12.8 Å². The fourth-order valence-corrected chi connectivity index (χ4v) is 2.69. The Kier molecular flexibility index (Phi) is 5.50. The van der Waals surface area contributed by atoms with Gasteiger partial charge in [-0.3, -0.25) is 9.59 Å². The molecule has 0 unspecified atom stereocenters. The number of rotatable bonds is 5. The van der Waals surface area contributed by atoms with Crippen LogP contribution in [0, 0.1) is 5.92 Å². The van der Waals surface area contributed by atoms with Crippen molar-refractivity contribution >= 4 is 23.6 Å². The zero-order chi connectivity index (χ0) is 15.2. The molecule has 0 bridgehead atoms. The molecule has 114 valence electrons. The van der Waals surface area contributed by atoms with Gasteiger partial charge in [0.25, 0.3) is 5.91 Å². The van der Waals surface area contributed by atoms with Crippen LogP contribution >= 0.6 is 11.8 Å². The highest BCUT2D eigenvalue weighted by atomic mass is 32.2. The van der Waals surface area contributed by atoms with Crippen LogP contribution in [0.3, 0.4) is 0 Å². The molecule has 1 aromatic carbocycles. The second-order valence-corrected chi connectivity index (χ2v) is 5.84. The Labute approximate surface area is 128 Å². The molecule has 0 aliphatic carbocycles. The molecule has 1 heterocycles. The maximum Gasteiger partial charge on any atom is 0.306 e. The maximum absolute atomic E-state index is 12.0. The Bertz CT molecular complexity index is 495. The second-order valence-electron chi connectivity index (χ2n) is 4.96. The summed E-state index contributed by atoms with van der Waals surface area (Å²) in [5.74, 6) is -0.518. The van der Waals surface area contributed by atoms with E-state index in [-0.39, 0.29) is 18.4 Å². The number of ether oxygens (including phenoxy) is 1. The molecule has 1 N–H and O–H groups in total. The fourth-order valence-electron chi connectivity index (χ4n) is 2.28. The highest BCUT2D eigenvalue weighted by molar-refractivity contribution is 7.98. The number of nitrogens with zero attached hydrogens (tertiary/aromatic N) is 1. The highest BCUT2D eigenvalue weighted by Gasteiger charge is 2.26. The van der Waals surface area contributed by atoms with E-state index in [1.165, 1.54) is 0 Å². The standard InChI is InChI=1S/C15H19NO4S/c1-21-13-4-2-12(3-5-13)20-10-14(17)16-8-6-11(7-9-16)15(18)19/h2-5,11H,6-10H2,1H3,(H,18,19). The quantitative estimate of drug-likeness (QED) is 0.844. The third-order valence-electron chi connectivity index (χ3n) is 3.62. The largest absolute Gasteiger partial charge is 0.484 e. The number of aliphatic carboxylic acids is 1. The number of likely N-dealkylation sites (tertiary alicyclic amines) is 1. The monoisotopic (exact) mass is 309 g/mol. The summed E-state index contributed by atoms with van der Waals surface area (Å²) >= 11 is 1.65. The third-order valence-corrected chi connectivity index (χ3v) is 4.36. The molecule has 2 rings (SSSR count). The molecule has 1 aliphatic heterocycles. The van der Waals surface area contributed by atoms with Crippen LogP contribution in [-0.2, 0) is 9.59 Å². The minimum atomic E-state index is -0.771. The van der Waals surface area contributed by atoms with E-state index < -0.39 is 5.97 Å². The lowest BCUT2D eigenvalue weighted by atomic mass is 9.97. The van der Waals surface area contributed by atoms with E-state index in [2.05, 4.69) is 0 Å². The number of thioether (sulfide) groups is 1. The molecule has 1 aliphatic rings. The predicted octanol–water partition coefficient (Wildman–Crippen LogP) is 2.11. The van der Waals surface area contributed by atoms with Gasteiger partial charge in [0, 0.05) is 18.0 Å². The summed E-state index contributed by atoms with van der Waals surface area (Å²) in [5.41, 5.74) is 0. The summed E-state index contributed by atoms with van der Waals surface area (Å²) in [4.78, 5) is 25.7. The van der Waals surface area contributed by atoms with Gasteiger partial charge < -0.3 is 14.7 Å². The average molecular weight is 309 g/mol. The minimum absolute atomic E-state index is 0.00362. The molecule has 0 spiro atoms. The van der Waals surface area contributed by atoms with Gasteiger partial charge in [0.1, 0.15) is 5.75 Å². The molecule has 21 heavy (non-hydrogen) atoms. The van der Waals surface area contributed by atoms with Crippen LogP contribution in [0.2, 0.25) is 0 Å². The van der Waals surface area contributed by atoms with Gasteiger partial charge in [-0.25, -0.2) is 0 Å². The number of hydrogen-bond acceptors (Lipinski definition) is 4. The summed E-state index contributed by atoms with van der Waals surface area (Å²) in [6, 6.07) is 7.58. The van der Waals surface area contributed by atoms with Crippen LogP contribution in [0.5, 0.6) is 5.75 Å². The van der Waals surface area contributed by atoms with E-state index in [9.17, 15) is 9.59 Å². The summed E-state index contributed by atoms with van der Waals surface area (Å²) in [6.07, 6.45) is 3.03. The van der Waals surface area contributed by atoms with Gasteiger partial charge in [-0.1, -0.05) is 0 Å². The number of piperidine rings is 1. The Morgan fingerprint density at radius 3 is 2.43 bits per heavy atom. The number of carboxylic acid groups (broad SMARTS) is 1. The van der Waals surface area contributed by atoms with Crippen molar-refractivity contribution in [1.82, 2.24) is 4.90 Å². The topological polar surface area (TPSA) is 66.8 Å². The molecule has 1 saturated heterocycles. The van der Waals surface area contributed by atoms with Crippen molar-refractivity contribution in [3.63, 3.8) is 0 Å². The summed E-state index contributed by atoms with van der Waals surface area (Å²) < 4.78 is 5.48. The SMILES string of the molecule is CSc1ccc(OCC(=O)N2CCC(C(=O)O)CC2)cc1. The van der Waals surface area contributed by atoms with E-state index in [0.717, 1.165) is 4.90 Å². The lowest BCUT2D eigenvalue weighted by molar-refractivity contribution is -0.146. The molecule has 0 aromatic heterocycles. The first kappa shape index (κ1) is 15.7. The molecule has 1 fully saturated rings. The molecule has 0 saturated carbocycles. The van der Waals surface area contributed by atoms with E-state index in [4.69, 9.17) is 9.84 Å². The van der Waals surface area contributed by atoms with Gasteiger partial charge in [-0.05, 0) is 43.4 Å². The normalized spacial score (nSPS) is 15.8. The van der Waals surface area contributed by atoms with Crippen molar-refractivity contribution in [1.29, 1.82) is 0 Å². The Morgan fingerprint density at radius 1 is 1.29 bits per heavy atom. The Hall–Kier alpha value is -1.69. The second kappa shape index (κ2) is 7.36. The molecular formula is C15H19NO4S. The summed E-state index contributed by atoms with van der Waals surface area (Å²) in [6.45, 7) is 0.978. The van der Waals surface area contributed by atoms with Crippen LogP contribution in [-0.4, -0.2) is 47.8 Å². The van der Waals surface area contributed by atoms with Crippen molar-refractivity contribution in [3.8, 4) is 5.75 Å². The van der Waals surface area contributed by atoms with Gasteiger partial charge >= 0.3 is 5.97 Å². The van der Waals surface area contributed by atoms with Gasteiger partial charge in [0.05, 0.1) is 5.92 Å². The van der Waals surface area contributed by atoms with Crippen LogP contribution in [0.15, 0.2) is 29.2 Å². The minimum Gasteiger partial charge on any atom is -0.484 e. The predicted molar refractivity (Wildman–Crippen MR) is 80.7 cm³/mol. The zero-order valence-electron chi connectivity index (χ0n) is 11.9. The molecule has 0 radical (unpaired) electrons. The number of amides is 1. The number of carbonyl (C=O) groups is 2. The smallest absolute Gasteiger partial charge is 0.306 e. The first-order valence-corrected chi connectivity index (χ1v) is 8.10. The van der Waals surface area contributed by atoms with Crippen LogP contribution in [0.4, 0.5) is 0 Å². The van der Waals surface area contributed by atoms with E-state index >= 15 is 0 Å². The molecule has 1 amide bonds. The third kappa shape index (κ3) is 4.39. The van der Waals surface area contributed by atoms with Crippen LogP contribution < -0.4 is 4.74 Å². The lowest BCUT2D eigenvalue weighted by Gasteiger charge is -2.30. The Balaban J connectivity index is 1.78. The molecule has 1 aromatic rings. The maximum atomic E-state index is 12.0. The zero-order valence-corrected chi connectivity index (χ0v) is 12.8. The van der Waals surface area contributed by atoms with Crippen LogP contribution in [0.25, 0.3) is 0 Å². The number of benzene rings is 1. The van der Waals surface area contributed by atoms with E-state index in [1.807, 2.05) is 30.5 Å². The Morgan fingerprint density at radius 2 is 1.90 bits per heavy atom. The van der Waals surface area contributed by atoms with Crippen molar-refractivity contribution in [3.05, 3.63) is 24.3 Å². The number of hydrogen-bond donors (Lipinski definition) is 1. The van der Waals surface area contributed by atoms with E-state index in [1.54, 1.807) is 16.7 Å². The van der Waals surface area contributed by atoms with Crippen molar-refractivity contribution < 1.29 is 19.4 Å². The van der Waals surface area contributed by atoms with Crippen molar-refractivity contribution in [2.75, 3.05) is 26.0 Å². The van der Waals surface area contributed by atoms with Gasteiger partial charge in [-0.2, -0.15) is 0 Å². The number of carboxylic acids is 1. The van der Waals surface area contributed by atoms with Gasteiger partial charge in [0.15, 0.2) is 6.61 Å². The fraction of sp³-hybridized carbons (Fsp3) is 0.467. The van der Waals surface area contributed by atoms with E-state index in [0.29, 0.717) is 31.7 Å².